The number of alkyl halides is 4. The van der Waals surface area contributed by atoms with E-state index in [-0.39, 0.29) is 26.1 Å². The van der Waals surface area contributed by atoms with Crippen molar-refractivity contribution in [1.29, 1.82) is 0 Å². The highest BCUT2D eigenvalue weighted by atomic mass is 19.4. The molecule has 1 aliphatic heterocycles. The van der Waals surface area contributed by atoms with E-state index in [0.717, 1.165) is 5.56 Å². The minimum absolute atomic E-state index is 0.220. The van der Waals surface area contributed by atoms with Crippen molar-refractivity contribution >= 4 is 6.03 Å². The molecule has 8 heteroatoms. The number of amides is 2. The van der Waals surface area contributed by atoms with Gasteiger partial charge in [0.05, 0.1) is 0 Å². The Hall–Kier alpha value is -1.83. The number of likely N-dealkylation sites (tertiary alicyclic amines) is 1. The molecular weight excluding hydrogens is 314 g/mol. The summed E-state index contributed by atoms with van der Waals surface area (Å²) in [5, 5.41) is 4.08. The highest BCUT2D eigenvalue weighted by molar-refractivity contribution is 5.75. The molecule has 2 rings (SSSR count). The van der Waals surface area contributed by atoms with E-state index in [4.69, 9.17) is 0 Å². The molecule has 1 heterocycles. The summed E-state index contributed by atoms with van der Waals surface area (Å²) in [5.41, 5.74) is -1.39. The van der Waals surface area contributed by atoms with Gasteiger partial charge in [0.2, 0.25) is 0 Å². The predicted molar refractivity (Wildman–Crippen MR) is 77.6 cm³/mol. The molecule has 1 fully saturated rings. The summed E-state index contributed by atoms with van der Waals surface area (Å²) < 4.78 is 52.4. The van der Waals surface area contributed by atoms with E-state index in [1.807, 2.05) is 35.6 Å². The molecule has 0 saturated carbocycles. The topological polar surface area (TPSA) is 44.4 Å². The standard InChI is InChI=1S/C15H19F4N3O/c16-7-8-20-13(23)21-14(15(17,18)19)6-9-22(11-14)10-12-4-2-1-3-5-12/h1-5H,6-11H2,(H2,20,21,23). The lowest BCUT2D eigenvalue weighted by Crippen LogP contribution is -2.62. The Labute approximate surface area is 131 Å². The van der Waals surface area contributed by atoms with Crippen molar-refractivity contribution in [1.82, 2.24) is 15.5 Å². The molecule has 128 valence electrons. The second-order valence-corrected chi connectivity index (χ2v) is 5.60. The minimum Gasteiger partial charge on any atom is -0.336 e. The van der Waals surface area contributed by atoms with Gasteiger partial charge in [-0.1, -0.05) is 30.3 Å². The fourth-order valence-electron chi connectivity index (χ4n) is 2.69. The van der Waals surface area contributed by atoms with E-state index in [1.165, 1.54) is 0 Å². The number of rotatable bonds is 5. The fraction of sp³-hybridized carbons (Fsp3) is 0.533. The van der Waals surface area contributed by atoms with Crippen LogP contribution in [0.2, 0.25) is 0 Å². The summed E-state index contributed by atoms with van der Waals surface area (Å²) in [6.45, 7) is -0.862. The predicted octanol–water partition coefficient (Wildman–Crippen LogP) is 2.46. The van der Waals surface area contributed by atoms with Gasteiger partial charge < -0.3 is 10.6 Å². The van der Waals surface area contributed by atoms with E-state index in [0.29, 0.717) is 6.54 Å². The van der Waals surface area contributed by atoms with Crippen LogP contribution < -0.4 is 10.6 Å². The van der Waals surface area contributed by atoms with E-state index < -0.39 is 24.4 Å². The highest BCUT2D eigenvalue weighted by Gasteiger charge is 2.58. The van der Waals surface area contributed by atoms with Gasteiger partial charge in [-0.25, -0.2) is 9.18 Å². The average Bonchev–Trinajstić information content (AvgIpc) is 2.90. The first-order valence-electron chi connectivity index (χ1n) is 7.31. The summed E-state index contributed by atoms with van der Waals surface area (Å²) in [6.07, 6.45) is -4.81. The summed E-state index contributed by atoms with van der Waals surface area (Å²) in [6, 6.07) is 8.17. The van der Waals surface area contributed by atoms with Crippen molar-refractivity contribution in [2.75, 3.05) is 26.3 Å². The van der Waals surface area contributed by atoms with Gasteiger partial charge in [0.25, 0.3) is 0 Å². The Morgan fingerprint density at radius 3 is 2.57 bits per heavy atom. The average molecular weight is 333 g/mol. The summed E-state index contributed by atoms with van der Waals surface area (Å²) in [7, 11) is 0. The minimum atomic E-state index is -4.58. The zero-order valence-corrected chi connectivity index (χ0v) is 12.5. The van der Waals surface area contributed by atoms with Crippen molar-refractivity contribution in [3.8, 4) is 0 Å². The van der Waals surface area contributed by atoms with Gasteiger partial charge in [-0.2, -0.15) is 13.2 Å². The molecule has 0 bridgehead atoms. The van der Waals surface area contributed by atoms with Gasteiger partial charge in [-0.3, -0.25) is 4.90 Å². The number of nitrogens with zero attached hydrogens (tertiary/aromatic N) is 1. The van der Waals surface area contributed by atoms with Gasteiger partial charge in [0.1, 0.15) is 6.67 Å². The Kier molecular flexibility index (Phi) is 5.46. The molecule has 1 saturated heterocycles. The van der Waals surface area contributed by atoms with E-state index in [9.17, 15) is 22.4 Å². The monoisotopic (exact) mass is 333 g/mol. The number of halogens is 4. The lowest BCUT2D eigenvalue weighted by Gasteiger charge is -2.32. The maximum absolute atomic E-state index is 13.5. The normalized spacial score (nSPS) is 22.1. The third kappa shape index (κ3) is 4.34. The summed E-state index contributed by atoms with van der Waals surface area (Å²) in [4.78, 5) is 13.2. The van der Waals surface area contributed by atoms with Crippen LogP contribution in [0.25, 0.3) is 0 Å². The van der Waals surface area contributed by atoms with Gasteiger partial charge in [0, 0.05) is 26.2 Å². The lowest BCUT2D eigenvalue weighted by molar-refractivity contribution is -0.189. The fourth-order valence-corrected chi connectivity index (χ4v) is 2.69. The number of nitrogens with one attached hydrogen (secondary N) is 2. The van der Waals surface area contributed by atoms with Crippen LogP contribution in [0.4, 0.5) is 22.4 Å². The molecule has 0 spiro atoms. The van der Waals surface area contributed by atoms with Crippen molar-refractivity contribution < 1.29 is 22.4 Å². The van der Waals surface area contributed by atoms with Gasteiger partial charge >= 0.3 is 12.2 Å². The van der Waals surface area contributed by atoms with Gasteiger partial charge in [-0.05, 0) is 12.0 Å². The first kappa shape index (κ1) is 17.5. The lowest BCUT2D eigenvalue weighted by atomic mass is 9.98. The summed E-state index contributed by atoms with van der Waals surface area (Å²) in [5.74, 6) is 0. The van der Waals surface area contributed by atoms with Crippen LogP contribution in [0.3, 0.4) is 0 Å². The number of urea groups is 1. The molecule has 1 aliphatic rings. The van der Waals surface area contributed by atoms with Crippen molar-refractivity contribution in [2.45, 2.75) is 24.7 Å². The number of benzene rings is 1. The third-order valence-electron chi connectivity index (χ3n) is 3.87. The van der Waals surface area contributed by atoms with Crippen molar-refractivity contribution in [3.05, 3.63) is 35.9 Å². The molecule has 2 N–H and O–H groups in total. The maximum atomic E-state index is 13.5. The second kappa shape index (κ2) is 7.16. The van der Waals surface area contributed by atoms with Crippen LogP contribution in [0.1, 0.15) is 12.0 Å². The smallest absolute Gasteiger partial charge is 0.336 e. The van der Waals surface area contributed by atoms with E-state index in [1.54, 1.807) is 4.90 Å². The summed E-state index contributed by atoms with van der Waals surface area (Å²) >= 11 is 0. The maximum Gasteiger partial charge on any atom is 0.412 e. The van der Waals surface area contributed by atoms with Crippen LogP contribution in [0.15, 0.2) is 30.3 Å². The number of hydrogen-bond donors (Lipinski definition) is 2. The molecule has 0 radical (unpaired) electrons. The molecule has 0 aromatic heterocycles. The molecule has 23 heavy (non-hydrogen) atoms. The molecule has 0 aliphatic carbocycles. The molecule has 1 aromatic carbocycles. The van der Waals surface area contributed by atoms with Gasteiger partial charge in [0.15, 0.2) is 5.54 Å². The molecule has 1 aromatic rings. The van der Waals surface area contributed by atoms with E-state index in [2.05, 4.69) is 5.32 Å². The molecular formula is C15H19F4N3O. The zero-order valence-electron chi connectivity index (χ0n) is 12.5. The van der Waals surface area contributed by atoms with Crippen molar-refractivity contribution in [3.63, 3.8) is 0 Å². The van der Waals surface area contributed by atoms with Crippen LogP contribution in [0.5, 0.6) is 0 Å². The molecule has 2 amide bonds. The van der Waals surface area contributed by atoms with Gasteiger partial charge in [-0.15, -0.1) is 0 Å². The van der Waals surface area contributed by atoms with Crippen LogP contribution in [-0.2, 0) is 6.54 Å². The van der Waals surface area contributed by atoms with Crippen LogP contribution in [0, 0.1) is 0 Å². The quantitative estimate of drug-likeness (QED) is 0.813. The first-order valence-corrected chi connectivity index (χ1v) is 7.31. The zero-order chi connectivity index (χ0) is 16.9. The Morgan fingerprint density at radius 2 is 1.96 bits per heavy atom. The molecule has 1 atom stereocenters. The second-order valence-electron chi connectivity index (χ2n) is 5.60. The largest absolute Gasteiger partial charge is 0.412 e. The first-order chi connectivity index (χ1) is 10.9. The number of hydrogen-bond acceptors (Lipinski definition) is 2. The number of carbonyl (C=O) groups excluding carboxylic acids is 1. The molecule has 1 unspecified atom stereocenters. The highest BCUT2D eigenvalue weighted by Crippen LogP contribution is 2.38. The Morgan fingerprint density at radius 1 is 1.26 bits per heavy atom. The van der Waals surface area contributed by atoms with Crippen LogP contribution in [-0.4, -0.2) is 49.0 Å². The Bertz CT molecular complexity index is 523. The molecule has 4 nitrogen and oxygen atoms in total. The van der Waals surface area contributed by atoms with Crippen molar-refractivity contribution in [2.24, 2.45) is 0 Å². The van der Waals surface area contributed by atoms with E-state index >= 15 is 0 Å². The Balaban J connectivity index is 2.04. The van der Waals surface area contributed by atoms with Crippen LogP contribution >= 0.6 is 0 Å². The third-order valence-corrected chi connectivity index (χ3v) is 3.87. The SMILES string of the molecule is O=C(NCCF)NC1(C(F)(F)F)CCN(Cc2ccccc2)C1. The number of carbonyl (C=O) groups is 1.